The molecule has 2 aromatic rings. The summed E-state index contributed by atoms with van der Waals surface area (Å²) in [5.74, 6) is 0.469. The van der Waals surface area contributed by atoms with E-state index in [9.17, 15) is 13.2 Å². The number of benzene rings is 2. The fourth-order valence-electron chi connectivity index (χ4n) is 1.75. The highest BCUT2D eigenvalue weighted by Crippen LogP contribution is 2.34. The third kappa shape index (κ3) is 4.22. The maximum Gasteiger partial charge on any atom is 0.407 e. The lowest BCUT2D eigenvalue weighted by molar-refractivity contribution is -0.149. The summed E-state index contributed by atoms with van der Waals surface area (Å²) < 4.78 is 43.7. The van der Waals surface area contributed by atoms with Gasteiger partial charge in [-0.15, -0.1) is 0 Å². The lowest BCUT2D eigenvalue weighted by Gasteiger charge is -2.17. The molecule has 2 rings (SSSR count). The average Bonchev–Trinajstić information content (AvgIpc) is 2.45. The number of alkyl halides is 3. The zero-order chi connectivity index (χ0) is 15.5. The monoisotopic (exact) mass is 359 g/mol. The van der Waals surface area contributed by atoms with E-state index in [1.807, 2.05) is 30.3 Å². The molecule has 0 heterocycles. The summed E-state index contributed by atoms with van der Waals surface area (Å²) in [4.78, 5) is 0. The van der Waals surface area contributed by atoms with E-state index in [0.717, 1.165) is 5.56 Å². The molecule has 0 bridgehead atoms. The highest BCUT2D eigenvalue weighted by Gasteiger charge is 2.37. The number of hydrogen-bond donors (Lipinski definition) is 1. The Hall–Kier alpha value is -1.53. The minimum absolute atomic E-state index is 0.0126. The Labute approximate surface area is 128 Å². The minimum atomic E-state index is -4.47. The third-order valence-corrected chi connectivity index (χ3v) is 3.52. The van der Waals surface area contributed by atoms with Crippen LogP contribution in [-0.2, 0) is 6.61 Å². The fourth-order valence-corrected chi connectivity index (χ4v) is 2.26. The molecule has 0 spiro atoms. The van der Waals surface area contributed by atoms with Crippen LogP contribution in [0.4, 0.5) is 13.2 Å². The van der Waals surface area contributed by atoms with Crippen molar-refractivity contribution in [3.63, 3.8) is 0 Å². The van der Waals surface area contributed by atoms with Gasteiger partial charge in [-0.05, 0) is 39.2 Å². The number of nitrogens with two attached hydrogens (primary N) is 1. The molecule has 0 fully saturated rings. The maximum absolute atomic E-state index is 12.6. The van der Waals surface area contributed by atoms with Gasteiger partial charge >= 0.3 is 6.18 Å². The van der Waals surface area contributed by atoms with Crippen molar-refractivity contribution in [2.45, 2.75) is 18.8 Å². The van der Waals surface area contributed by atoms with E-state index < -0.39 is 12.2 Å². The van der Waals surface area contributed by atoms with E-state index in [0.29, 0.717) is 16.8 Å². The van der Waals surface area contributed by atoms with Crippen molar-refractivity contribution in [3.05, 3.63) is 64.1 Å². The summed E-state index contributed by atoms with van der Waals surface area (Å²) in [7, 11) is 0. The average molecular weight is 360 g/mol. The van der Waals surface area contributed by atoms with Crippen LogP contribution in [0.2, 0.25) is 0 Å². The summed E-state index contributed by atoms with van der Waals surface area (Å²) in [6.07, 6.45) is -4.47. The van der Waals surface area contributed by atoms with Crippen LogP contribution < -0.4 is 10.5 Å². The van der Waals surface area contributed by atoms with Crippen LogP contribution in [0, 0.1) is 0 Å². The molecule has 0 aliphatic heterocycles. The first-order valence-electron chi connectivity index (χ1n) is 6.16. The number of rotatable bonds is 4. The van der Waals surface area contributed by atoms with Crippen molar-refractivity contribution in [1.82, 2.24) is 0 Å². The zero-order valence-electron chi connectivity index (χ0n) is 10.9. The maximum atomic E-state index is 12.6. The largest absolute Gasteiger partial charge is 0.488 e. The number of ether oxygens (including phenoxy) is 1. The Bertz CT molecular complexity index is 602. The first-order chi connectivity index (χ1) is 9.88. The first kappa shape index (κ1) is 15.9. The van der Waals surface area contributed by atoms with E-state index in [-0.39, 0.29) is 5.56 Å². The molecule has 0 unspecified atom stereocenters. The predicted molar refractivity (Wildman–Crippen MR) is 77.9 cm³/mol. The zero-order valence-corrected chi connectivity index (χ0v) is 12.5. The van der Waals surface area contributed by atoms with Crippen LogP contribution >= 0.6 is 15.9 Å². The second-order valence-electron chi connectivity index (χ2n) is 4.48. The molecule has 112 valence electrons. The number of halogens is 4. The van der Waals surface area contributed by atoms with Crippen molar-refractivity contribution in [1.29, 1.82) is 0 Å². The van der Waals surface area contributed by atoms with E-state index >= 15 is 0 Å². The Kier molecular flexibility index (Phi) is 4.90. The van der Waals surface area contributed by atoms with Gasteiger partial charge in [0.15, 0.2) is 0 Å². The molecule has 0 saturated carbocycles. The SMILES string of the molecule is N[C@@H](c1ccc(OCc2ccccc2)c(Br)c1)C(F)(F)F. The Morgan fingerprint density at radius 1 is 1.10 bits per heavy atom. The first-order valence-corrected chi connectivity index (χ1v) is 6.95. The molecule has 0 aliphatic rings. The van der Waals surface area contributed by atoms with E-state index in [1.165, 1.54) is 18.2 Å². The summed E-state index contributed by atoms with van der Waals surface area (Å²) >= 11 is 3.21. The molecule has 2 aromatic carbocycles. The van der Waals surface area contributed by atoms with Gasteiger partial charge in [0.05, 0.1) is 4.47 Å². The molecular formula is C15H13BrF3NO. The molecule has 0 radical (unpaired) electrons. The van der Waals surface area contributed by atoms with Gasteiger partial charge in [-0.3, -0.25) is 0 Å². The van der Waals surface area contributed by atoms with Crippen LogP contribution in [0.1, 0.15) is 17.2 Å². The summed E-state index contributed by atoms with van der Waals surface area (Å²) in [5.41, 5.74) is 6.13. The minimum Gasteiger partial charge on any atom is -0.488 e. The second-order valence-corrected chi connectivity index (χ2v) is 5.34. The van der Waals surface area contributed by atoms with Crippen molar-refractivity contribution >= 4 is 15.9 Å². The number of hydrogen-bond acceptors (Lipinski definition) is 2. The molecule has 2 N–H and O–H groups in total. The second kappa shape index (κ2) is 6.49. The third-order valence-electron chi connectivity index (χ3n) is 2.90. The van der Waals surface area contributed by atoms with Gasteiger partial charge in [-0.1, -0.05) is 36.4 Å². The van der Waals surface area contributed by atoms with Gasteiger partial charge in [0, 0.05) is 0 Å². The van der Waals surface area contributed by atoms with Gasteiger partial charge in [-0.2, -0.15) is 13.2 Å². The summed E-state index contributed by atoms with van der Waals surface area (Å²) in [5, 5.41) is 0. The fraction of sp³-hybridized carbons (Fsp3) is 0.200. The summed E-state index contributed by atoms with van der Waals surface area (Å²) in [6.45, 7) is 0.337. The van der Waals surface area contributed by atoms with Crippen molar-refractivity contribution in [2.24, 2.45) is 5.73 Å². The Balaban J connectivity index is 2.09. The van der Waals surface area contributed by atoms with Gasteiger partial charge in [0.2, 0.25) is 0 Å². The smallest absolute Gasteiger partial charge is 0.407 e. The topological polar surface area (TPSA) is 35.2 Å². The molecule has 0 aliphatic carbocycles. The molecule has 0 amide bonds. The van der Waals surface area contributed by atoms with Gasteiger partial charge < -0.3 is 10.5 Å². The molecule has 6 heteroatoms. The highest BCUT2D eigenvalue weighted by atomic mass is 79.9. The molecule has 2 nitrogen and oxygen atoms in total. The van der Waals surface area contributed by atoms with Crippen LogP contribution in [0.3, 0.4) is 0 Å². The van der Waals surface area contributed by atoms with Gasteiger partial charge in [0.1, 0.15) is 18.4 Å². The normalized spacial score (nSPS) is 13.0. The van der Waals surface area contributed by atoms with Crippen molar-refractivity contribution < 1.29 is 17.9 Å². The van der Waals surface area contributed by atoms with Gasteiger partial charge in [-0.25, -0.2) is 0 Å². The van der Waals surface area contributed by atoms with E-state index in [4.69, 9.17) is 10.5 Å². The molecule has 0 aromatic heterocycles. The van der Waals surface area contributed by atoms with Crippen molar-refractivity contribution in [2.75, 3.05) is 0 Å². The molecule has 1 atom stereocenters. The van der Waals surface area contributed by atoms with Gasteiger partial charge in [0.25, 0.3) is 0 Å². The highest BCUT2D eigenvalue weighted by molar-refractivity contribution is 9.10. The van der Waals surface area contributed by atoms with E-state index in [1.54, 1.807) is 0 Å². The van der Waals surface area contributed by atoms with Crippen LogP contribution in [0.5, 0.6) is 5.75 Å². The van der Waals surface area contributed by atoms with Crippen LogP contribution in [0.25, 0.3) is 0 Å². The Morgan fingerprint density at radius 3 is 2.33 bits per heavy atom. The molecule has 0 saturated heterocycles. The lowest BCUT2D eigenvalue weighted by atomic mass is 10.1. The Morgan fingerprint density at radius 2 is 1.76 bits per heavy atom. The van der Waals surface area contributed by atoms with Crippen LogP contribution in [-0.4, -0.2) is 6.18 Å². The molecular weight excluding hydrogens is 347 g/mol. The van der Waals surface area contributed by atoms with Crippen LogP contribution in [0.15, 0.2) is 53.0 Å². The lowest BCUT2D eigenvalue weighted by Crippen LogP contribution is -2.28. The van der Waals surface area contributed by atoms with E-state index in [2.05, 4.69) is 15.9 Å². The molecule has 21 heavy (non-hydrogen) atoms. The summed E-state index contributed by atoms with van der Waals surface area (Å²) in [6, 6.07) is 11.6. The predicted octanol–water partition coefficient (Wildman–Crippen LogP) is 4.59. The standard InChI is InChI=1S/C15H13BrF3NO/c16-12-8-11(14(20)15(17,18)19)6-7-13(12)21-9-10-4-2-1-3-5-10/h1-8,14H,9,20H2/t14-/m0/s1. The van der Waals surface area contributed by atoms with Crippen molar-refractivity contribution in [3.8, 4) is 5.75 Å². The quantitative estimate of drug-likeness (QED) is 0.866.